The molecule has 1 aromatic heterocycles. The van der Waals surface area contributed by atoms with Crippen LogP contribution in [0, 0.1) is 12.8 Å². The van der Waals surface area contributed by atoms with Crippen LogP contribution < -0.4 is 4.90 Å². The minimum absolute atomic E-state index is 0.0631. The summed E-state index contributed by atoms with van der Waals surface area (Å²) in [4.78, 5) is 17.2. The molecule has 1 amide bonds. The Balaban J connectivity index is 1.37. The molecule has 1 N–H and O–H groups in total. The molecule has 0 radical (unpaired) electrons. The molecule has 126 valence electrons. The molecular formula is C18H23N5O. The third-order valence-electron chi connectivity index (χ3n) is 5.18. The van der Waals surface area contributed by atoms with E-state index in [4.69, 9.17) is 0 Å². The van der Waals surface area contributed by atoms with Gasteiger partial charge in [0.2, 0.25) is 5.91 Å². The molecule has 2 aliphatic rings. The zero-order valence-electron chi connectivity index (χ0n) is 14.0. The van der Waals surface area contributed by atoms with E-state index in [0.29, 0.717) is 0 Å². The largest absolute Gasteiger partial charge is 0.368 e. The molecule has 0 bridgehead atoms. The van der Waals surface area contributed by atoms with Gasteiger partial charge in [-0.25, -0.2) is 0 Å². The van der Waals surface area contributed by atoms with Crippen LogP contribution >= 0.6 is 0 Å². The highest BCUT2D eigenvalue weighted by atomic mass is 16.2. The fraction of sp³-hybridized carbons (Fsp3) is 0.500. The van der Waals surface area contributed by atoms with Gasteiger partial charge in [0, 0.05) is 44.2 Å². The monoisotopic (exact) mass is 325 g/mol. The number of amides is 1. The average Bonchev–Trinajstić information content (AvgIpc) is 3.09. The van der Waals surface area contributed by atoms with Gasteiger partial charge in [-0.1, -0.05) is 12.1 Å². The lowest BCUT2D eigenvalue weighted by molar-refractivity contribution is -0.136. The van der Waals surface area contributed by atoms with E-state index in [1.165, 1.54) is 11.3 Å². The smallest absolute Gasteiger partial charge is 0.226 e. The Morgan fingerprint density at radius 2 is 1.96 bits per heavy atom. The second-order valence-electron chi connectivity index (χ2n) is 6.81. The van der Waals surface area contributed by atoms with E-state index in [9.17, 15) is 4.79 Å². The van der Waals surface area contributed by atoms with Crippen LogP contribution in [0.3, 0.4) is 0 Å². The summed E-state index contributed by atoms with van der Waals surface area (Å²) in [5, 5.41) is 11.0. The lowest BCUT2D eigenvalue weighted by Gasteiger charge is -2.38. The highest BCUT2D eigenvalue weighted by Gasteiger charge is 2.31. The summed E-state index contributed by atoms with van der Waals surface area (Å²) >= 11 is 0. The van der Waals surface area contributed by atoms with Gasteiger partial charge >= 0.3 is 0 Å². The molecule has 0 spiro atoms. The number of rotatable bonds is 2. The Hall–Kier alpha value is -2.37. The number of hydrogen-bond donors (Lipinski definition) is 1. The summed E-state index contributed by atoms with van der Waals surface area (Å²) in [6.45, 7) is 5.52. The number of aromatic amines is 1. The Morgan fingerprint density at radius 3 is 2.75 bits per heavy atom. The first kappa shape index (κ1) is 15.2. The molecule has 6 nitrogen and oxygen atoms in total. The molecule has 6 heteroatoms. The minimum atomic E-state index is 0.0631. The first-order valence-electron chi connectivity index (χ1n) is 8.69. The van der Waals surface area contributed by atoms with E-state index in [-0.39, 0.29) is 11.8 Å². The van der Waals surface area contributed by atoms with Crippen molar-refractivity contribution in [2.75, 3.05) is 31.1 Å². The predicted molar refractivity (Wildman–Crippen MR) is 91.9 cm³/mol. The van der Waals surface area contributed by atoms with Crippen LogP contribution in [0.4, 0.5) is 5.69 Å². The zero-order chi connectivity index (χ0) is 16.5. The Morgan fingerprint density at radius 1 is 1.17 bits per heavy atom. The number of hydrogen-bond acceptors (Lipinski definition) is 4. The molecule has 24 heavy (non-hydrogen) atoms. The van der Waals surface area contributed by atoms with E-state index < -0.39 is 0 Å². The van der Waals surface area contributed by atoms with Crippen LogP contribution in [0.5, 0.6) is 0 Å². The number of aryl methyl sites for hydroxylation is 2. The molecule has 2 aromatic rings. The summed E-state index contributed by atoms with van der Waals surface area (Å²) in [6, 6.07) is 8.58. The summed E-state index contributed by atoms with van der Waals surface area (Å²) in [5.41, 5.74) is 4.53. The SMILES string of the molecule is Cc1cccc(N2CCN(C(=O)C3CCc4n[nH]nc4C3)CC2)c1. The Kier molecular flexibility index (Phi) is 3.96. The number of nitrogens with zero attached hydrogens (tertiary/aromatic N) is 4. The standard InChI is InChI=1S/C18H23N5O/c1-13-3-2-4-15(11-13)22-7-9-23(10-8-22)18(24)14-5-6-16-17(12-14)20-21-19-16/h2-4,11,14H,5-10,12H2,1H3,(H,19,20,21). The van der Waals surface area contributed by atoms with Gasteiger partial charge in [0.25, 0.3) is 0 Å². The maximum atomic E-state index is 12.8. The average molecular weight is 325 g/mol. The van der Waals surface area contributed by atoms with Crippen LogP contribution in [0.25, 0.3) is 0 Å². The van der Waals surface area contributed by atoms with Gasteiger partial charge < -0.3 is 9.80 Å². The first-order chi connectivity index (χ1) is 11.7. The highest BCUT2D eigenvalue weighted by Crippen LogP contribution is 2.25. The third kappa shape index (κ3) is 2.88. The molecule has 1 aliphatic carbocycles. The van der Waals surface area contributed by atoms with E-state index in [1.54, 1.807) is 0 Å². The predicted octanol–water partition coefficient (Wildman–Crippen LogP) is 1.57. The van der Waals surface area contributed by atoms with E-state index in [0.717, 1.165) is 56.8 Å². The van der Waals surface area contributed by atoms with Crippen molar-refractivity contribution in [3.8, 4) is 0 Å². The molecule has 1 aromatic carbocycles. The number of benzene rings is 1. The molecule has 1 fully saturated rings. The highest BCUT2D eigenvalue weighted by molar-refractivity contribution is 5.79. The van der Waals surface area contributed by atoms with Gasteiger partial charge in [-0.3, -0.25) is 4.79 Å². The number of nitrogens with one attached hydrogen (secondary N) is 1. The second kappa shape index (κ2) is 6.26. The summed E-state index contributed by atoms with van der Waals surface area (Å²) in [5.74, 6) is 0.348. The van der Waals surface area contributed by atoms with Crippen LogP contribution in [-0.4, -0.2) is 52.4 Å². The summed E-state index contributed by atoms with van der Waals surface area (Å²) in [6.07, 6.45) is 2.46. The number of anilines is 1. The number of fused-ring (bicyclic) bond motifs is 1. The van der Waals surface area contributed by atoms with Gasteiger partial charge in [0.05, 0.1) is 11.4 Å². The Bertz CT molecular complexity index is 733. The maximum absolute atomic E-state index is 12.8. The van der Waals surface area contributed by atoms with Crippen molar-refractivity contribution in [2.24, 2.45) is 5.92 Å². The van der Waals surface area contributed by atoms with E-state index in [2.05, 4.69) is 51.5 Å². The Labute approximate surface area is 141 Å². The van der Waals surface area contributed by atoms with Crippen LogP contribution in [0.1, 0.15) is 23.4 Å². The zero-order valence-corrected chi connectivity index (χ0v) is 14.0. The van der Waals surface area contributed by atoms with Gasteiger partial charge in [0.15, 0.2) is 0 Å². The van der Waals surface area contributed by atoms with Crippen molar-refractivity contribution in [3.63, 3.8) is 0 Å². The van der Waals surface area contributed by atoms with E-state index in [1.807, 2.05) is 4.90 Å². The first-order valence-corrected chi connectivity index (χ1v) is 8.69. The number of piperazine rings is 1. The lowest BCUT2D eigenvalue weighted by atomic mass is 9.88. The fourth-order valence-corrected chi connectivity index (χ4v) is 3.76. The molecule has 1 atom stereocenters. The topological polar surface area (TPSA) is 65.1 Å². The van der Waals surface area contributed by atoms with Gasteiger partial charge in [-0.15, -0.1) is 0 Å². The van der Waals surface area contributed by atoms with E-state index >= 15 is 0 Å². The van der Waals surface area contributed by atoms with Crippen molar-refractivity contribution in [1.82, 2.24) is 20.3 Å². The second-order valence-corrected chi connectivity index (χ2v) is 6.81. The van der Waals surface area contributed by atoms with Crippen LogP contribution in [-0.2, 0) is 17.6 Å². The van der Waals surface area contributed by atoms with Gasteiger partial charge in [-0.05, 0) is 37.5 Å². The molecule has 4 rings (SSSR count). The number of carbonyl (C=O) groups is 1. The van der Waals surface area contributed by atoms with Crippen molar-refractivity contribution >= 4 is 11.6 Å². The van der Waals surface area contributed by atoms with Gasteiger partial charge in [-0.2, -0.15) is 15.4 Å². The van der Waals surface area contributed by atoms with Crippen LogP contribution in [0.15, 0.2) is 24.3 Å². The number of aromatic nitrogens is 3. The number of carbonyl (C=O) groups excluding carboxylic acids is 1. The summed E-state index contributed by atoms with van der Waals surface area (Å²) < 4.78 is 0. The van der Waals surface area contributed by atoms with Crippen molar-refractivity contribution in [3.05, 3.63) is 41.2 Å². The molecule has 1 saturated heterocycles. The third-order valence-corrected chi connectivity index (χ3v) is 5.18. The minimum Gasteiger partial charge on any atom is -0.368 e. The maximum Gasteiger partial charge on any atom is 0.226 e. The molecule has 0 saturated carbocycles. The number of H-pyrrole nitrogens is 1. The molecule has 1 unspecified atom stereocenters. The van der Waals surface area contributed by atoms with Crippen molar-refractivity contribution in [1.29, 1.82) is 0 Å². The lowest BCUT2D eigenvalue weighted by Crippen LogP contribution is -2.51. The fourth-order valence-electron chi connectivity index (χ4n) is 3.76. The van der Waals surface area contributed by atoms with Crippen LogP contribution in [0.2, 0.25) is 0 Å². The normalized spacial score (nSPS) is 20.8. The molecule has 1 aliphatic heterocycles. The molecule has 2 heterocycles. The summed E-state index contributed by atoms with van der Waals surface area (Å²) in [7, 11) is 0. The molecular weight excluding hydrogens is 302 g/mol. The van der Waals surface area contributed by atoms with Crippen molar-refractivity contribution in [2.45, 2.75) is 26.2 Å². The quantitative estimate of drug-likeness (QED) is 0.910. The van der Waals surface area contributed by atoms with Gasteiger partial charge in [0.1, 0.15) is 0 Å². The van der Waals surface area contributed by atoms with Crippen molar-refractivity contribution < 1.29 is 4.79 Å².